The lowest BCUT2D eigenvalue weighted by Crippen LogP contribution is -2.18. The van der Waals surface area contributed by atoms with E-state index in [0.717, 1.165) is 28.3 Å². The zero-order valence-electron chi connectivity index (χ0n) is 10.8. The van der Waals surface area contributed by atoms with Crippen molar-refractivity contribution in [3.05, 3.63) is 30.5 Å². The Labute approximate surface area is 107 Å². The van der Waals surface area contributed by atoms with Crippen LogP contribution in [0.3, 0.4) is 0 Å². The summed E-state index contributed by atoms with van der Waals surface area (Å²) in [7, 11) is 1.70. The molecule has 1 unspecified atom stereocenters. The second-order valence-corrected chi connectivity index (χ2v) is 4.99. The first kappa shape index (κ1) is 11.3. The van der Waals surface area contributed by atoms with Crippen LogP contribution in [0.5, 0.6) is 5.75 Å². The molecular formula is C15H18N2O. The van der Waals surface area contributed by atoms with E-state index in [9.17, 15) is 0 Å². The Morgan fingerprint density at radius 1 is 1.28 bits per heavy atom. The summed E-state index contributed by atoms with van der Waals surface area (Å²) in [6, 6.07) is 8.58. The van der Waals surface area contributed by atoms with Crippen LogP contribution in [-0.2, 0) is 0 Å². The summed E-state index contributed by atoms with van der Waals surface area (Å²) < 4.78 is 5.39. The number of benzene rings is 1. The van der Waals surface area contributed by atoms with Gasteiger partial charge < -0.3 is 10.1 Å². The van der Waals surface area contributed by atoms with Gasteiger partial charge in [-0.15, -0.1) is 0 Å². The summed E-state index contributed by atoms with van der Waals surface area (Å²) in [6.45, 7) is 2.23. The van der Waals surface area contributed by atoms with Gasteiger partial charge >= 0.3 is 0 Å². The topological polar surface area (TPSA) is 34.1 Å². The van der Waals surface area contributed by atoms with Crippen molar-refractivity contribution < 1.29 is 4.74 Å². The fourth-order valence-electron chi connectivity index (χ4n) is 2.40. The molecule has 0 spiro atoms. The lowest BCUT2D eigenvalue weighted by Gasteiger charge is -2.15. The average Bonchev–Trinajstić information content (AvgIpc) is 3.22. The van der Waals surface area contributed by atoms with Crippen molar-refractivity contribution in [2.24, 2.45) is 5.92 Å². The van der Waals surface area contributed by atoms with Crippen molar-refractivity contribution in [3.63, 3.8) is 0 Å². The van der Waals surface area contributed by atoms with Gasteiger partial charge in [-0.3, -0.25) is 0 Å². The van der Waals surface area contributed by atoms with Gasteiger partial charge in [-0.1, -0.05) is 12.1 Å². The lowest BCUT2D eigenvalue weighted by molar-refractivity contribution is 0.420. The number of anilines is 1. The number of hydrogen-bond acceptors (Lipinski definition) is 3. The number of methoxy groups -OCH3 is 1. The first-order valence-corrected chi connectivity index (χ1v) is 6.48. The zero-order chi connectivity index (χ0) is 12.5. The van der Waals surface area contributed by atoms with Gasteiger partial charge in [0.05, 0.1) is 7.11 Å². The Hall–Kier alpha value is -1.77. The van der Waals surface area contributed by atoms with E-state index < -0.39 is 0 Å². The van der Waals surface area contributed by atoms with Gasteiger partial charge in [0.25, 0.3) is 0 Å². The Bertz CT molecular complexity index is 563. The smallest absolute Gasteiger partial charge is 0.134 e. The molecule has 18 heavy (non-hydrogen) atoms. The zero-order valence-corrected chi connectivity index (χ0v) is 10.8. The molecule has 1 aromatic carbocycles. The van der Waals surface area contributed by atoms with E-state index in [1.54, 1.807) is 7.11 Å². The van der Waals surface area contributed by atoms with Gasteiger partial charge in [-0.2, -0.15) is 0 Å². The summed E-state index contributed by atoms with van der Waals surface area (Å²) in [5, 5.41) is 5.77. The fraction of sp³-hybridized carbons (Fsp3) is 0.400. The highest BCUT2D eigenvalue weighted by atomic mass is 16.5. The van der Waals surface area contributed by atoms with Gasteiger partial charge in [-0.25, -0.2) is 4.98 Å². The van der Waals surface area contributed by atoms with Gasteiger partial charge in [0.2, 0.25) is 0 Å². The maximum atomic E-state index is 5.39. The molecule has 0 saturated heterocycles. The number of ether oxygens (including phenoxy) is 1. The molecule has 1 aliphatic rings. The predicted molar refractivity (Wildman–Crippen MR) is 74.1 cm³/mol. The normalized spacial score (nSPS) is 16.6. The molecule has 1 aliphatic carbocycles. The summed E-state index contributed by atoms with van der Waals surface area (Å²) in [6.07, 6.45) is 4.51. The number of nitrogens with zero attached hydrogens (tertiary/aromatic N) is 1. The molecule has 3 nitrogen and oxygen atoms in total. The van der Waals surface area contributed by atoms with Gasteiger partial charge in [0.15, 0.2) is 0 Å². The Morgan fingerprint density at radius 3 is 2.83 bits per heavy atom. The van der Waals surface area contributed by atoms with E-state index in [-0.39, 0.29) is 0 Å². The van der Waals surface area contributed by atoms with Crippen molar-refractivity contribution in [3.8, 4) is 5.75 Å². The van der Waals surface area contributed by atoms with Crippen LogP contribution in [-0.4, -0.2) is 18.1 Å². The molecule has 0 amide bonds. The molecule has 2 aromatic rings. The van der Waals surface area contributed by atoms with Gasteiger partial charge in [0.1, 0.15) is 11.6 Å². The van der Waals surface area contributed by atoms with Crippen LogP contribution in [0.15, 0.2) is 30.5 Å². The summed E-state index contributed by atoms with van der Waals surface area (Å²) in [4.78, 5) is 4.47. The molecule has 3 rings (SSSR count). The second-order valence-electron chi connectivity index (χ2n) is 4.99. The van der Waals surface area contributed by atoms with Crippen LogP contribution in [0.1, 0.15) is 19.8 Å². The van der Waals surface area contributed by atoms with Crippen LogP contribution in [0, 0.1) is 5.92 Å². The molecular weight excluding hydrogens is 224 g/mol. The number of pyridine rings is 1. The minimum absolute atomic E-state index is 0.495. The molecule has 1 N–H and O–H groups in total. The van der Waals surface area contributed by atoms with E-state index in [1.165, 1.54) is 12.8 Å². The van der Waals surface area contributed by atoms with Crippen molar-refractivity contribution in [1.29, 1.82) is 0 Å². The van der Waals surface area contributed by atoms with Crippen LogP contribution >= 0.6 is 0 Å². The highest BCUT2D eigenvalue weighted by Gasteiger charge is 2.28. The number of hydrogen-bond donors (Lipinski definition) is 1. The van der Waals surface area contributed by atoms with Gasteiger partial charge in [-0.05, 0) is 37.8 Å². The molecule has 0 bridgehead atoms. The van der Waals surface area contributed by atoms with Crippen molar-refractivity contribution in [2.75, 3.05) is 12.4 Å². The van der Waals surface area contributed by atoms with Crippen LogP contribution in [0.25, 0.3) is 10.8 Å². The standard InChI is InChI=1S/C15H18N2O/c1-10(11-6-7-11)17-15-13-4-3-5-14(18-2)12(13)8-9-16-15/h3-5,8-11H,6-7H2,1-2H3,(H,16,17). The fourth-order valence-corrected chi connectivity index (χ4v) is 2.40. The minimum Gasteiger partial charge on any atom is -0.496 e. The minimum atomic E-state index is 0.495. The predicted octanol–water partition coefficient (Wildman–Crippen LogP) is 3.45. The molecule has 3 heteroatoms. The van der Waals surface area contributed by atoms with E-state index in [2.05, 4.69) is 23.3 Å². The summed E-state index contributed by atoms with van der Waals surface area (Å²) >= 11 is 0. The van der Waals surface area contributed by atoms with E-state index >= 15 is 0 Å². The third-order valence-corrected chi connectivity index (χ3v) is 3.68. The first-order valence-electron chi connectivity index (χ1n) is 6.48. The largest absolute Gasteiger partial charge is 0.496 e. The first-order chi connectivity index (χ1) is 8.79. The van der Waals surface area contributed by atoms with E-state index in [1.807, 2.05) is 24.4 Å². The lowest BCUT2D eigenvalue weighted by atomic mass is 10.1. The summed E-state index contributed by atoms with van der Waals surface area (Å²) in [5.41, 5.74) is 0. The molecule has 94 valence electrons. The Morgan fingerprint density at radius 2 is 2.11 bits per heavy atom. The SMILES string of the molecule is COc1cccc2c(NC(C)C3CC3)nccc12. The van der Waals surface area contributed by atoms with Crippen molar-refractivity contribution >= 4 is 16.6 Å². The number of fused-ring (bicyclic) bond motifs is 1. The van der Waals surface area contributed by atoms with E-state index in [0.29, 0.717) is 6.04 Å². The molecule has 1 atom stereocenters. The third kappa shape index (κ3) is 2.01. The summed E-state index contributed by atoms with van der Waals surface area (Å²) in [5.74, 6) is 2.68. The van der Waals surface area contributed by atoms with Gasteiger partial charge in [0, 0.05) is 23.0 Å². The molecule has 0 aliphatic heterocycles. The molecule has 1 aromatic heterocycles. The molecule has 1 fully saturated rings. The molecule has 0 radical (unpaired) electrons. The Kier molecular flexibility index (Phi) is 2.82. The number of aromatic nitrogens is 1. The quantitative estimate of drug-likeness (QED) is 0.891. The number of rotatable bonds is 4. The maximum Gasteiger partial charge on any atom is 0.134 e. The van der Waals surface area contributed by atoms with E-state index in [4.69, 9.17) is 4.74 Å². The van der Waals surface area contributed by atoms with Crippen molar-refractivity contribution in [1.82, 2.24) is 4.98 Å². The number of nitrogens with one attached hydrogen (secondary N) is 1. The average molecular weight is 242 g/mol. The molecule has 1 saturated carbocycles. The van der Waals surface area contributed by atoms with Crippen molar-refractivity contribution in [2.45, 2.75) is 25.8 Å². The van der Waals surface area contributed by atoms with Crippen LogP contribution in [0.4, 0.5) is 5.82 Å². The maximum absolute atomic E-state index is 5.39. The highest BCUT2D eigenvalue weighted by Crippen LogP contribution is 2.35. The monoisotopic (exact) mass is 242 g/mol. The highest BCUT2D eigenvalue weighted by molar-refractivity contribution is 5.95. The van der Waals surface area contributed by atoms with Crippen LogP contribution in [0.2, 0.25) is 0 Å². The van der Waals surface area contributed by atoms with Crippen LogP contribution < -0.4 is 10.1 Å². The third-order valence-electron chi connectivity index (χ3n) is 3.68. The second kappa shape index (κ2) is 4.48. The Balaban J connectivity index is 2.00. The molecule has 1 heterocycles.